The van der Waals surface area contributed by atoms with E-state index in [9.17, 15) is 0 Å². The van der Waals surface area contributed by atoms with Crippen molar-refractivity contribution in [1.82, 2.24) is 10.2 Å². The Hall–Kier alpha value is -0.770. The van der Waals surface area contributed by atoms with Crippen LogP contribution < -0.4 is 5.32 Å². The Bertz CT molecular complexity index is 278. The maximum absolute atomic E-state index is 4.00. The number of aromatic nitrogens is 2. The fraction of sp³-hybridized carbons (Fsp3) is 0.600. The standard InChI is InChI=1S/C10H17N3S/c1-8-4-10(13-12-6-8)11-5-9(2)7-14-3/h4,6,9H,5,7H2,1-3H3,(H,11,13). The third-order valence-corrected chi connectivity index (χ3v) is 2.78. The average molecular weight is 211 g/mol. The van der Waals surface area contributed by atoms with Crippen LogP contribution in [0.5, 0.6) is 0 Å². The molecule has 0 aliphatic heterocycles. The fourth-order valence-corrected chi connectivity index (χ4v) is 1.86. The van der Waals surface area contributed by atoms with Crippen LogP contribution in [-0.2, 0) is 0 Å². The zero-order valence-corrected chi connectivity index (χ0v) is 9.77. The van der Waals surface area contributed by atoms with Crippen LogP contribution in [0.3, 0.4) is 0 Å². The molecular weight excluding hydrogens is 194 g/mol. The Kier molecular flexibility index (Phi) is 4.73. The second-order valence-electron chi connectivity index (χ2n) is 3.56. The van der Waals surface area contributed by atoms with E-state index in [1.165, 1.54) is 5.75 Å². The zero-order chi connectivity index (χ0) is 10.4. The molecule has 0 aliphatic rings. The molecule has 0 fully saturated rings. The zero-order valence-electron chi connectivity index (χ0n) is 8.95. The van der Waals surface area contributed by atoms with E-state index in [-0.39, 0.29) is 0 Å². The van der Waals surface area contributed by atoms with Crippen LogP contribution in [0.4, 0.5) is 5.82 Å². The van der Waals surface area contributed by atoms with Gasteiger partial charge in [-0.2, -0.15) is 16.9 Å². The van der Waals surface area contributed by atoms with Gasteiger partial charge in [0.25, 0.3) is 0 Å². The third kappa shape index (κ3) is 3.96. The molecule has 0 aliphatic carbocycles. The van der Waals surface area contributed by atoms with Gasteiger partial charge in [-0.1, -0.05) is 6.92 Å². The fourth-order valence-electron chi connectivity index (χ4n) is 1.17. The summed E-state index contributed by atoms with van der Waals surface area (Å²) in [5, 5.41) is 11.2. The summed E-state index contributed by atoms with van der Waals surface area (Å²) in [6, 6.07) is 2.01. The van der Waals surface area contributed by atoms with Gasteiger partial charge in [0.15, 0.2) is 0 Å². The summed E-state index contributed by atoms with van der Waals surface area (Å²) < 4.78 is 0. The third-order valence-electron chi connectivity index (χ3n) is 1.87. The van der Waals surface area contributed by atoms with E-state index in [4.69, 9.17) is 0 Å². The number of rotatable bonds is 5. The van der Waals surface area contributed by atoms with Crippen LogP contribution in [0.25, 0.3) is 0 Å². The molecule has 4 heteroatoms. The minimum Gasteiger partial charge on any atom is -0.368 e. The van der Waals surface area contributed by atoms with Gasteiger partial charge in [0.2, 0.25) is 0 Å². The van der Waals surface area contributed by atoms with Crippen molar-refractivity contribution in [3.05, 3.63) is 17.8 Å². The Morgan fingerprint density at radius 3 is 3.00 bits per heavy atom. The number of aryl methyl sites for hydroxylation is 1. The number of nitrogens with one attached hydrogen (secondary N) is 1. The number of anilines is 1. The van der Waals surface area contributed by atoms with Gasteiger partial charge in [-0.15, -0.1) is 5.10 Å². The Balaban J connectivity index is 2.37. The molecule has 0 saturated carbocycles. The first-order valence-corrected chi connectivity index (χ1v) is 6.14. The van der Waals surface area contributed by atoms with E-state index in [1.807, 2.05) is 24.8 Å². The molecule has 1 atom stereocenters. The summed E-state index contributed by atoms with van der Waals surface area (Å²) in [5.41, 5.74) is 1.14. The molecule has 78 valence electrons. The molecule has 3 nitrogen and oxygen atoms in total. The number of thioether (sulfide) groups is 1. The largest absolute Gasteiger partial charge is 0.368 e. The molecular formula is C10H17N3S. The monoisotopic (exact) mass is 211 g/mol. The van der Waals surface area contributed by atoms with Crippen molar-refractivity contribution in [3.8, 4) is 0 Å². The van der Waals surface area contributed by atoms with Gasteiger partial charge in [0, 0.05) is 6.54 Å². The Labute approximate surface area is 89.7 Å². The lowest BCUT2D eigenvalue weighted by Gasteiger charge is -2.11. The summed E-state index contributed by atoms with van der Waals surface area (Å²) in [7, 11) is 0. The van der Waals surface area contributed by atoms with Crippen molar-refractivity contribution >= 4 is 17.6 Å². The molecule has 0 radical (unpaired) electrons. The molecule has 0 aromatic carbocycles. The van der Waals surface area contributed by atoms with Crippen molar-refractivity contribution in [2.24, 2.45) is 5.92 Å². The number of hydrogen-bond acceptors (Lipinski definition) is 4. The quantitative estimate of drug-likeness (QED) is 0.810. The van der Waals surface area contributed by atoms with Crippen molar-refractivity contribution in [3.63, 3.8) is 0 Å². The highest BCUT2D eigenvalue weighted by Crippen LogP contribution is 2.07. The normalized spacial score (nSPS) is 12.5. The van der Waals surface area contributed by atoms with Gasteiger partial charge in [-0.05, 0) is 36.5 Å². The van der Waals surface area contributed by atoms with E-state index in [0.29, 0.717) is 5.92 Å². The molecule has 1 unspecified atom stereocenters. The van der Waals surface area contributed by atoms with Crippen molar-refractivity contribution < 1.29 is 0 Å². The molecule has 0 spiro atoms. The van der Waals surface area contributed by atoms with Crippen LogP contribution in [0.2, 0.25) is 0 Å². The van der Waals surface area contributed by atoms with E-state index < -0.39 is 0 Å². The highest BCUT2D eigenvalue weighted by Gasteiger charge is 2.01. The highest BCUT2D eigenvalue weighted by molar-refractivity contribution is 7.98. The molecule has 1 heterocycles. The summed E-state index contributed by atoms with van der Waals surface area (Å²) >= 11 is 1.87. The van der Waals surface area contributed by atoms with E-state index in [1.54, 1.807) is 6.20 Å². The minimum absolute atomic E-state index is 0.660. The topological polar surface area (TPSA) is 37.8 Å². The summed E-state index contributed by atoms with van der Waals surface area (Å²) in [5.74, 6) is 2.71. The predicted octanol–water partition coefficient (Wildman–Crippen LogP) is 2.20. The predicted molar refractivity (Wildman–Crippen MR) is 62.8 cm³/mol. The Morgan fingerprint density at radius 2 is 2.36 bits per heavy atom. The van der Waals surface area contributed by atoms with Crippen LogP contribution in [0.1, 0.15) is 12.5 Å². The minimum atomic E-state index is 0.660. The van der Waals surface area contributed by atoms with Crippen LogP contribution >= 0.6 is 11.8 Å². The first-order valence-electron chi connectivity index (χ1n) is 4.74. The summed E-state index contributed by atoms with van der Waals surface area (Å²) in [4.78, 5) is 0. The second-order valence-corrected chi connectivity index (χ2v) is 4.47. The molecule has 1 aromatic rings. The van der Waals surface area contributed by atoms with Crippen LogP contribution in [0, 0.1) is 12.8 Å². The van der Waals surface area contributed by atoms with E-state index in [0.717, 1.165) is 17.9 Å². The van der Waals surface area contributed by atoms with Gasteiger partial charge in [-0.25, -0.2) is 0 Å². The Morgan fingerprint density at radius 1 is 1.57 bits per heavy atom. The lowest BCUT2D eigenvalue weighted by Crippen LogP contribution is -2.14. The average Bonchev–Trinajstić information content (AvgIpc) is 2.15. The molecule has 1 N–H and O–H groups in total. The maximum atomic E-state index is 4.00. The van der Waals surface area contributed by atoms with Crippen molar-refractivity contribution in [2.75, 3.05) is 23.9 Å². The van der Waals surface area contributed by atoms with Gasteiger partial charge in [0.1, 0.15) is 5.82 Å². The molecule has 1 aromatic heterocycles. The lowest BCUT2D eigenvalue weighted by molar-refractivity contribution is 0.698. The molecule has 0 bridgehead atoms. The van der Waals surface area contributed by atoms with Gasteiger partial charge < -0.3 is 5.32 Å². The van der Waals surface area contributed by atoms with E-state index in [2.05, 4.69) is 28.7 Å². The first kappa shape index (κ1) is 11.3. The SMILES string of the molecule is CSCC(C)CNc1cc(C)cnn1. The molecule has 0 saturated heterocycles. The maximum Gasteiger partial charge on any atom is 0.148 e. The second kappa shape index (κ2) is 5.86. The molecule has 14 heavy (non-hydrogen) atoms. The first-order chi connectivity index (χ1) is 6.72. The van der Waals surface area contributed by atoms with Crippen LogP contribution in [0.15, 0.2) is 12.3 Å². The summed E-state index contributed by atoms with van der Waals surface area (Å²) in [6.45, 7) is 5.21. The molecule has 0 amide bonds. The highest BCUT2D eigenvalue weighted by atomic mass is 32.2. The lowest BCUT2D eigenvalue weighted by atomic mass is 10.2. The smallest absolute Gasteiger partial charge is 0.148 e. The van der Waals surface area contributed by atoms with Gasteiger partial charge in [0.05, 0.1) is 6.20 Å². The molecule has 1 rings (SSSR count). The van der Waals surface area contributed by atoms with Gasteiger partial charge in [-0.3, -0.25) is 0 Å². The van der Waals surface area contributed by atoms with Crippen LogP contribution in [-0.4, -0.2) is 28.8 Å². The number of nitrogens with zero attached hydrogens (tertiary/aromatic N) is 2. The van der Waals surface area contributed by atoms with Crippen molar-refractivity contribution in [1.29, 1.82) is 0 Å². The van der Waals surface area contributed by atoms with Crippen molar-refractivity contribution in [2.45, 2.75) is 13.8 Å². The number of hydrogen-bond donors (Lipinski definition) is 1. The summed E-state index contributed by atoms with van der Waals surface area (Å²) in [6.07, 6.45) is 3.89. The van der Waals surface area contributed by atoms with Gasteiger partial charge >= 0.3 is 0 Å². The van der Waals surface area contributed by atoms with E-state index >= 15 is 0 Å².